The van der Waals surface area contributed by atoms with Gasteiger partial charge in [0.1, 0.15) is 0 Å². The third kappa shape index (κ3) is 5.54. The van der Waals surface area contributed by atoms with Crippen LogP contribution in [0, 0.1) is 0 Å². The number of Topliss-reactive ketones (excluding diaryl/α,β-unsaturated/α-hetero) is 1. The quantitative estimate of drug-likeness (QED) is 0.570. The van der Waals surface area contributed by atoms with Gasteiger partial charge >= 0.3 is 0 Å². The number of hydrogen-bond acceptors (Lipinski definition) is 3. The molecule has 4 nitrogen and oxygen atoms in total. The number of carbonyl (C=O) groups is 2. The van der Waals surface area contributed by atoms with Gasteiger partial charge in [-0.15, -0.1) is 0 Å². The number of nitrogens with one attached hydrogen (secondary N) is 2. The van der Waals surface area contributed by atoms with Crippen LogP contribution in [0.3, 0.4) is 0 Å². The van der Waals surface area contributed by atoms with Gasteiger partial charge in [0, 0.05) is 29.0 Å². The largest absolute Gasteiger partial charge is 0.356 e. The van der Waals surface area contributed by atoms with Crippen molar-refractivity contribution in [1.29, 1.82) is 0 Å². The van der Waals surface area contributed by atoms with Crippen molar-refractivity contribution in [3.8, 4) is 0 Å². The summed E-state index contributed by atoms with van der Waals surface area (Å²) in [4.78, 5) is 23.4. The number of aryl methyl sites for hydroxylation is 1. The minimum atomic E-state index is -0.000571. The van der Waals surface area contributed by atoms with Crippen LogP contribution >= 0.6 is 0 Å². The SMILES string of the molecule is CC(=O)c1ccc(Nc2ccc(NC(=O)CCc3ccccc3)cc2)cc1. The Morgan fingerprint density at radius 1 is 0.741 bits per heavy atom. The molecule has 27 heavy (non-hydrogen) atoms. The number of amides is 1. The second-order valence-electron chi connectivity index (χ2n) is 6.37. The summed E-state index contributed by atoms with van der Waals surface area (Å²) in [6.07, 6.45) is 1.18. The zero-order valence-electron chi connectivity index (χ0n) is 15.2. The van der Waals surface area contributed by atoms with Crippen LogP contribution in [0.1, 0.15) is 29.3 Å². The van der Waals surface area contributed by atoms with E-state index in [0.717, 1.165) is 29.0 Å². The number of ketones is 1. The first kappa shape index (κ1) is 18.4. The molecule has 0 unspecified atom stereocenters. The van der Waals surface area contributed by atoms with Crippen molar-refractivity contribution in [2.45, 2.75) is 19.8 Å². The zero-order valence-corrected chi connectivity index (χ0v) is 15.2. The lowest BCUT2D eigenvalue weighted by atomic mass is 10.1. The fraction of sp³-hybridized carbons (Fsp3) is 0.130. The molecule has 4 heteroatoms. The van der Waals surface area contributed by atoms with Crippen LogP contribution < -0.4 is 10.6 Å². The van der Waals surface area contributed by atoms with E-state index in [-0.39, 0.29) is 11.7 Å². The summed E-state index contributed by atoms with van der Waals surface area (Å²) in [5.41, 5.74) is 4.43. The van der Waals surface area contributed by atoms with E-state index in [2.05, 4.69) is 10.6 Å². The van der Waals surface area contributed by atoms with Gasteiger partial charge in [0.15, 0.2) is 5.78 Å². The van der Waals surface area contributed by atoms with Gasteiger partial charge in [0.2, 0.25) is 5.91 Å². The van der Waals surface area contributed by atoms with Gasteiger partial charge in [-0.1, -0.05) is 30.3 Å². The number of rotatable bonds is 7. The number of benzene rings is 3. The number of hydrogen-bond donors (Lipinski definition) is 2. The third-order valence-electron chi connectivity index (χ3n) is 4.23. The van der Waals surface area contributed by atoms with Crippen LogP contribution in [0.2, 0.25) is 0 Å². The van der Waals surface area contributed by atoms with Crippen LogP contribution in [-0.4, -0.2) is 11.7 Å². The molecule has 0 bridgehead atoms. The van der Waals surface area contributed by atoms with Gasteiger partial charge in [-0.3, -0.25) is 9.59 Å². The maximum atomic E-state index is 12.1. The van der Waals surface area contributed by atoms with Gasteiger partial charge in [-0.2, -0.15) is 0 Å². The maximum Gasteiger partial charge on any atom is 0.224 e. The van der Waals surface area contributed by atoms with Crippen molar-refractivity contribution in [3.63, 3.8) is 0 Å². The third-order valence-corrected chi connectivity index (χ3v) is 4.23. The van der Waals surface area contributed by atoms with Crippen LogP contribution in [0.4, 0.5) is 17.1 Å². The van der Waals surface area contributed by atoms with Crippen molar-refractivity contribution in [3.05, 3.63) is 90.0 Å². The van der Waals surface area contributed by atoms with Crippen molar-refractivity contribution in [1.82, 2.24) is 0 Å². The molecule has 0 aliphatic heterocycles. The topological polar surface area (TPSA) is 58.2 Å². The summed E-state index contributed by atoms with van der Waals surface area (Å²) >= 11 is 0. The van der Waals surface area contributed by atoms with E-state index >= 15 is 0 Å². The van der Waals surface area contributed by atoms with Gasteiger partial charge < -0.3 is 10.6 Å². The fourth-order valence-electron chi connectivity index (χ4n) is 2.72. The van der Waals surface area contributed by atoms with Crippen molar-refractivity contribution >= 4 is 28.8 Å². The second kappa shape index (κ2) is 8.81. The zero-order chi connectivity index (χ0) is 19.1. The fourth-order valence-corrected chi connectivity index (χ4v) is 2.72. The molecule has 0 heterocycles. The molecule has 3 rings (SSSR count). The van der Waals surface area contributed by atoms with E-state index in [9.17, 15) is 9.59 Å². The molecule has 3 aromatic carbocycles. The predicted molar refractivity (Wildman–Crippen MR) is 110 cm³/mol. The first-order valence-corrected chi connectivity index (χ1v) is 8.92. The average Bonchev–Trinajstić information content (AvgIpc) is 2.69. The second-order valence-corrected chi connectivity index (χ2v) is 6.37. The summed E-state index contributed by atoms with van der Waals surface area (Å²) in [6.45, 7) is 1.55. The summed E-state index contributed by atoms with van der Waals surface area (Å²) in [7, 11) is 0. The summed E-state index contributed by atoms with van der Waals surface area (Å²) < 4.78 is 0. The van der Waals surface area contributed by atoms with Gasteiger partial charge in [-0.05, 0) is 67.4 Å². The van der Waals surface area contributed by atoms with Crippen LogP contribution in [0.25, 0.3) is 0 Å². The minimum Gasteiger partial charge on any atom is -0.356 e. The predicted octanol–water partition coefficient (Wildman–Crippen LogP) is 5.20. The molecule has 0 spiro atoms. The van der Waals surface area contributed by atoms with E-state index in [1.54, 1.807) is 19.1 Å². The van der Waals surface area contributed by atoms with E-state index in [1.807, 2.05) is 66.7 Å². The summed E-state index contributed by atoms with van der Waals surface area (Å²) in [5.74, 6) is 0.0493. The van der Waals surface area contributed by atoms with Gasteiger partial charge in [0.25, 0.3) is 0 Å². The molecule has 0 saturated heterocycles. The Morgan fingerprint density at radius 3 is 1.89 bits per heavy atom. The highest BCUT2D eigenvalue weighted by molar-refractivity contribution is 5.94. The molecule has 3 aromatic rings. The minimum absolute atomic E-state index is 0.000571. The molecule has 0 radical (unpaired) electrons. The number of carbonyl (C=O) groups excluding carboxylic acids is 2. The molecule has 0 atom stereocenters. The highest BCUT2D eigenvalue weighted by Crippen LogP contribution is 2.20. The standard InChI is InChI=1S/C23H22N2O2/c1-17(26)19-8-10-20(11-9-19)24-21-12-14-22(15-13-21)25-23(27)16-7-18-5-3-2-4-6-18/h2-6,8-15,24H,7,16H2,1H3,(H,25,27). The molecular weight excluding hydrogens is 336 g/mol. The maximum absolute atomic E-state index is 12.1. The Morgan fingerprint density at radius 2 is 1.30 bits per heavy atom. The first-order chi connectivity index (χ1) is 13.1. The Bertz CT molecular complexity index is 901. The van der Waals surface area contributed by atoms with E-state index in [4.69, 9.17) is 0 Å². The molecule has 0 aliphatic carbocycles. The Labute approximate surface area is 159 Å². The molecular formula is C23H22N2O2. The Kier molecular flexibility index (Phi) is 6.00. The lowest BCUT2D eigenvalue weighted by Gasteiger charge is -2.09. The van der Waals surface area contributed by atoms with E-state index in [1.165, 1.54) is 0 Å². The van der Waals surface area contributed by atoms with Crippen molar-refractivity contribution < 1.29 is 9.59 Å². The highest BCUT2D eigenvalue weighted by atomic mass is 16.1. The molecule has 0 fully saturated rings. The van der Waals surface area contributed by atoms with E-state index in [0.29, 0.717) is 12.0 Å². The lowest BCUT2D eigenvalue weighted by molar-refractivity contribution is -0.116. The summed E-state index contributed by atoms with van der Waals surface area (Å²) in [6, 6.07) is 24.9. The van der Waals surface area contributed by atoms with Crippen LogP contribution in [0.15, 0.2) is 78.9 Å². The van der Waals surface area contributed by atoms with E-state index < -0.39 is 0 Å². The monoisotopic (exact) mass is 358 g/mol. The lowest BCUT2D eigenvalue weighted by Crippen LogP contribution is -2.12. The molecule has 0 saturated carbocycles. The Balaban J connectivity index is 1.52. The molecule has 2 N–H and O–H groups in total. The normalized spacial score (nSPS) is 10.3. The Hall–Kier alpha value is -3.40. The first-order valence-electron chi connectivity index (χ1n) is 8.92. The smallest absolute Gasteiger partial charge is 0.224 e. The van der Waals surface area contributed by atoms with Crippen LogP contribution in [0.5, 0.6) is 0 Å². The molecule has 136 valence electrons. The molecule has 0 aromatic heterocycles. The molecule has 0 aliphatic rings. The number of anilines is 3. The van der Waals surface area contributed by atoms with Gasteiger partial charge in [0.05, 0.1) is 0 Å². The van der Waals surface area contributed by atoms with Crippen molar-refractivity contribution in [2.24, 2.45) is 0 Å². The molecule has 1 amide bonds. The summed E-state index contributed by atoms with van der Waals surface area (Å²) in [5, 5.41) is 6.19. The van der Waals surface area contributed by atoms with Crippen molar-refractivity contribution in [2.75, 3.05) is 10.6 Å². The average molecular weight is 358 g/mol. The van der Waals surface area contributed by atoms with Crippen LogP contribution in [-0.2, 0) is 11.2 Å². The van der Waals surface area contributed by atoms with Gasteiger partial charge in [-0.25, -0.2) is 0 Å². The highest BCUT2D eigenvalue weighted by Gasteiger charge is 2.04.